The first-order chi connectivity index (χ1) is 24.1. The number of allylic oxidation sites excluding steroid dienone is 6. The molecule has 6 nitrogen and oxygen atoms in total. The van der Waals surface area contributed by atoms with E-state index in [2.05, 4.69) is 0 Å². The molecule has 0 aromatic heterocycles. The molecule has 3 N–H and O–H groups in total. The third kappa shape index (κ3) is 14.9. The molecule has 28 heteroatoms. The Bertz CT molecular complexity index is 1350. The average molecular weight is 1050 g/mol. The van der Waals surface area contributed by atoms with Gasteiger partial charge in [-0.3, -0.25) is 14.4 Å². The van der Waals surface area contributed by atoms with E-state index in [0.717, 1.165) is 0 Å². The summed E-state index contributed by atoms with van der Waals surface area (Å²) in [6.45, 7) is 11.2. The van der Waals surface area contributed by atoms with E-state index in [1.165, 1.54) is 62.3 Å². The number of hydrogen-bond donors (Lipinski definition) is 3. The zero-order valence-corrected chi connectivity index (χ0v) is 32.5. The van der Waals surface area contributed by atoms with Gasteiger partial charge >= 0.3 is 54.1 Å². The van der Waals surface area contributed by atoms with Gasteiger partial charge in [-0.25, -0.2) is 0 Å². The fraction of sp³-hybridized carbons (Fsp3) is 0.700. The largest absolute Gasteiger partial charge is 0.512 e. The van der Waals surface area contributed by atoms with Crippen LogP contribution in [0.25, 0.3) is 0 Å². The van der Waals surface area contributed by atoms with Crippen LogP contribution in [0, 0.1) is 54.0 Å². The number of aliphatic hydroxyl groups is 3. The Hall–Kier alpha value is -2.58. The Kier molecular flexibility index (Phi) is 20.3. The maximum atomic E-state index is 12.9. The van der Waals surface area contributed by atoms with Crippen LogP contribution in [-0.2, 0) is 14.4 Å². The third-order valence-electron chi connectivity index (χ3n) is 6.29. The predicted octanol–water partition coefficient (Wildman–Crippen LogP) is 11.6. The first-order valence-corrected chi connectivity index (χ1v) is 14.5. The van der Waals surface area contributed by atoms with Crippen LogP contribution < -0.4 is 0 Å². The number of halogens is 21. The van der Waals surface area contributed by atoms with Crippen molar-refractivity contribution < 1.29 is 160 Å². The Labute approximate surface area is 344 Å². The molecule has 0 amide bonds. The van der Waals surface area contributed by atoms with E-state index in [4.69, 9.17) is 15.3 Å². The molecule has 0 unspecified atom stereocenters. The van der Waals surface area contributed by atoms with Crippen molar-refractivity contribution in [2.45, 2.75) is 116 Å². The van der Waals surface area contributed by atoms with Crippen LogP contribution in [0.15, 0.2) is 35.5 Å². The second-order valence-corrected chi connectivity index (χ2v) is 14.4. The second-order valence-electron chi connectivity index (χ2n) is 14.4. The number of rotatable bonds is 9. The van der Waals surface area contributed by atoms with Gasteiger partial charge in [0, 0.05) is 72.2 Å². The van der Waals surface area contributed by atoms with Crippen LogP contribution in [0.5, 0.6) is 0 Å². The van der Waals surface area contributed by atoms with Crippen LogP contribution in [0.3, 0.4) is 0 Å². The number of aliphatic hydroxyl groups excluding tert-OH is 3. The molecule has 0 fully saturated rings. The molecule has 0 spiro atoms. The molecule has 0 heterocycles. The average Bonchev–Trinajstić information content (AvgIpc) is 2.93. The van der Waals surface area contributed by atoms with Crippen molar-refractivity contribution in [3.8, 4) is 0 Å². The molecule has 0 aromatic rings. The molecule has 0 aliphatic rings. The first-order valence-electron chi connectivity index (χ1n) is 14.5. The molecule has 0 aliphatic heterocycles. The van der Waals surface area contributed by atoms with Crippen LogP contribution in [0.4, 0.5) is 92.2 Å². The summed E-state index contributed by atoms with van der Waals surface area (Å²) in [6.07, 6.45) is -20.7. The van der Waals surface area contributed by atoms with E-state index in [9.17, 15) is 107 Å². The fourth-order valence-electron chi connectivity index (χ4n) is 2.29. The molecule has 58 heavy (non-hydrogen) atoms. The first kappa shape index (κ1) is 62.1. The third-order valence-corrected chi connectivity index (χ3v) is 6.29. The Morgan fingerprint density at radius 1 is 0.328 bits per heavy atom. The zero-order chi connectivity index (χ0) is 47.6. The minimum Gasteiger partial charge on any atom is -0.512 e. The van der Waals surface area contributed by atoms with E-state index in [1.807, 2.05) is 0 Å². The van der Waals surface area contributed by atoms with Gasteiger partial charge in [-0.1, -0.05) is 62.3 Å². The fourth-order valence-corrected chi connectivity index (χ4v) is 2.29. The number of ketones is 3. The van der Waals surface area contributed by atoms with Crippen LogP contribution >= 0.6 is 0 Å². The minimum absolute atomic E-state index is 0. The smallest absolute Gasteiger partial charge is 0.460 e. The number of carbonyl (C=O) groups excluding carboxylic acids is 3. The van der Waals surface area contributed by atoms with Crippen molar-refractivity contribution in [2.75, 3.05) is 0 Å². The van der Waals surface area contributed by atoms with E-state index in [1.54, 1.807) is 0 Å². The van der Waals surface area contributed by atoms with Gasteiger partial charge in [0.05, 0.1) is 0 Å². The van der Waals surface area contributed by atoms with Crippen molar-refractivity contribution in [2.24, 2.45) is 16.2 Å². The van der Waals surface area contributed by atoms with Gasteiger partial charge in [0.25, 0.3) is 0 Å². The molecule has 1 radical (unpaired) electrons. The van der Waals surface area contributed by atoms with Crippen molar-refractivity contribution >= 4 is 17.3 Å². The number of alkyl halides is 21. The van der Waals surface area contributed by atoms with Crippen molar-refractivity contribution in [3.63, 3.8) is 0 Å². The second kappa shape index (κ2) is 19.0. The molecule has 0 saturated heterocycles. The normalized spacial score (nSPS) is 15.3. The quantitative estimate of drug-likeness (QED) is 0.0918. The van der Waals surface area contributed by atoms with Crippen LogP contribution in [-0.4, -0.2) is 86.7 Å². The van der Waals surface area contributed by atoms with Crippen LogP contribution in [0.2, 0.25) is 0 Å². The van der Waals surface area contributed by atoms with Crippen LogP contribution in [0.1, 0.15) is 62.3 Å². The Balaban J connectivity index is -0.000000374. The van der Waals surface area contributed by atoms with Gasteiger partial charge in [0.15, 0.2) is 0 Å². The summed E-state index contributed by atoms with van der Waals surface area (Å²) in [5, 5.41) is 27.5. The summed E-state index contributed by atoms with van der Waals surface area (Å²) in [6, 6.07) is 0. The summed E-state index contributed by atoms with van der Waals surface area (Å²) in [5.41, 5.74) is -3.75. The van der Waals surface area contributed by atoms with Crippen molar-refractivity contribution in [3.05, 3.63) is 35.5 Å². The van der Waals surface area contributed by atoms with Crippen molar-refractivity contribution in [1.82, 2.24) is 0 Å². The summed E-state index contributed by atoms with van der Waals surface area (Å²) < 4.78 is 258. The van der Waals surface area contributed by atoms with Gasteiger partial charge < -0.3 is 15.3 Å². The summed E-state index contributed by atoms with van der Waals surface area (Å²) in [7, 11) is 0. The topological polar surface area (TPSA) is 112 Å². The number of carbonyl (C=O) groups is 3. The van der Waals surface area contributed by atoms with E-state index >= 15 is 0 Å². The van der Waals surface area contributed by atoms with Gasteiger partial charge in [-0.15, -0.1) is 0 Å². The molecule has 347 valence electrons. The molecule has 0 aliphatic carbocycles. The van der Waals surface area contributed by atoms with Gasteiger partial charge in [-0.05, 0) is 0 Å². The summed E-state index contributed by atoms with van der Waals surface area (Å²) in [4.78, 5) is 32.5. The van der Waals surface area contributed by atoms with Gasteiger partial charge in [0.2, 0.25) is 17.3 Å². The maximum absolute atomic E-state index is 12.9. The molecule has 0 saturated carbocycles. The molecular weight excluding hydrogens is 1020 g/mol. The minimum atomic E-state index is -6.59. The van der Waals surface area contributed by atoms with Gasteiger partial charge in [-0.2, -0.15) is 92.2 Å². The van der Waals surface area contributed by atoms with E-state index in [0.29, 0.717) is 0 Å². The maximum Gasteiger partial charge on any atom is 0.460 e. The molecule has 0 aromatic carbocycles. The molecule has 0 atom stereocenters. The molecule has 0 rings (SSSR count). The Morgan fingerprint density at radius 2 is 0.448 bits per heavy atom. The SMILES string of the molecule is CC(C)(C)C(O)=CC(=O)C(F)(F)C(F)(F)C(F)(F)F.CC(C)(C)C(O)=CC(=O)C(F)(F)C(F)(F)C(F)(F)F.CC(C)(C)C(O)=CC(=O)C(F)(F)C(F)(F)C(F)(F)F.[Ho]. The van der Waals surface area contributed by atoms with E-state index < -0.39 is 105 Å². The molecular formula is C30H33F21HoO6. The number of hydrogen-bond acceptors (Lipinski definition) is 6. The monoisotopic (exact) mass is 1050 g/mol. The van der Waals surface area contributed by atoms with Gasteiger partial charge in [0.1, 0.15) is 17.3 Å². The summed E-state index contributed by atoms with van der Waals surface area (Å²) >= 11 is 0. The van der Waals surface area contributed by atoms with E-state index in [-0.39, 0.29) is 56.0 Å². The summed E-state index contributed by atoms with van der Waals surface area (Å²) in [5.74, 6) is -49.1. The van der Waals surface area contributed by atoms with Crippen molar-refractivity contribution in [1.29, 1.82) is 0 Å². The Morgan fingerprint density at radius 3 is 0.534 bits per heavy atom. The zero-order valence-electron chi connectivity index (χ0n) is 30.5. The molecule has 0 bridgehead atoms. The predicted molar refractivity (Wildman–Crippen MR) is 153 cm³/mol. The standard InChI is InChI=1S/3C10H11F7O2.Ho/c3*1-7(2,3)5(18)4-6(19)8(11,12)9(13,14)10(15,16)17;/h3*4,18H,1-3H3;.